The molecule has 0 aromatic carbocycles. The van der Waals surface area contributed by atoms with Crippen LogP contribution in [0.4, 0.5) is 0 Å². The third-order valence-electron chi connectivity index (χ3n) is 1.70. The first-order valence-corrected chi connectivity index (χ1v) is 4.38. The van der Waals surface area contributed by atoms with Crippen LogP contribution in [0.15, 0.2) is 24.4 Å². The molecule has 1 aromatic heterocycles. The molecule has 1 heterocycles. The van der Waals surface area contributed by atoms with Crippen LogP contribution < -0.4 is 0 Å². The molecule has 1 aromatic rings. The number of aromatic nitrogens is 1. The molecule has 1 rings (SSSR count). The van der Waals surface area contributed by atoms with E-state index in [-0.39, 0.29) is 0 Å². The molecule has 0 aliphatic rings. The Labute approximate surface area is 78.5 Å². The van der Waals surface area contributed by atoms with Gasteiger partial charge in [0, 0.05) is 18.0 Å². The standard InChI is InChI=1S/C11H12N2/c1-2-4-11-9-10(5-3-7-12)6-8-13-11/h3,5-6,8-9H,2,4H2,1H3/b5-3+. The SMILES string of the molecule is CCCc1cc(/C=C/C#N)ccn1. The maximum atomic E-state index is 8.35. The summed E-state index contributed by atoms with van der Waals surface area (Å²) >= 11 is 0. The first-order valence-electron chi connectivity index (χ1n) is 4.38. The number of hydrogen-bond acceptors (Lipinski definition) is 2. The fourth-order valence-electron chi connectivity index (χ4n) is 1.13. The maximum Gasteiger partial charge on any atom is 0.0912 e. The summed E-state index contributed by atoms with van der Waals surface area (Å²) in [4.78, 5) is 4.22. The van der Waals surface area contributed by atoms with Crippen molar-refractivity contribution in [2.24, 2.45) is 0 Å². The fourth-order valence-corrected chi connectivity index (χ4v) is 1.13. The molecule has 0 unspecified atom stereocenters. The van der Waals surface area contributed by atoms with E-state index in [1.165, 1.54) is 6.08 Å². The van der Waals surface area contributed by atoms with E-state index in [1.807, 2.05) is 18.2 Å². The highest BCUT2D eigenvalue weighted by molar-refractivity contribution is 5.51. The lowest BCUT2D eigenvalue weighted by molar-refractivity contribution is 0.882. The van der Waals surface area contributed by atoms with Crippen molar-refractivity contribution < 1.29 is 0 Å². The van der Waals surface area contributed by atoms with Crippen LogP contribution >= 0.6 is 0 Å². The van der Waals surface area contributed by atoms with Crippen LogP contribution in [-0.4, -0.2) is 4.98 Å². The lowest BCUT2D eigenvalue weighted by Gasteiger charge is -1.97. The largest absolute Gasteiger partial charge is 0.261 e. The van der Waals surface area contributed by atoms with Crippen molar-refractivity contribution >= 4 is 6.08 Å². The number of aryl methyl sites for hydroxylation is 1. The summed E-state index contributed by atoms with van der Waals surface area (Å²) < 4.78 is 0. The highest BCUT2D eigenvalue weighted by Gasteiger charge is 1.92. The Morgan fingerprint density at radius 2 is 2.46 bits per heavy atom. The highest BCUT2D eigenvalue weighted by Crippen LogP contribution is 2.05. The van der Waals surface area contributed by atoms with Gasteiger partial charge < -0.3 is 0 Å². The van der Waals surface area contributed by atoms with Gasteiger partial charge in [-0.1, -0.05) is 13.3 Å². The van der Waals surface area contributed by atoms with Gasteiger partial charge in [-0.05, 0) is 30.2 Å². The van der Waals surface area contributed by atoms with Gasteiger partial charge in [0.05, 0.1) is 6.07 Å². The van der Waals surface area contributed by atoms with E-state index < -0.39 is 0 Å². The minimum atomic E-state index is 0.994. The zero-order valence-corrected chi connectivity index (χ0v) is 7.70. The van der Waals surface area contributed by atoms with Crippen molar-refractivity contribution in [2.45, 2.75) is 19.8 Å². The van der Waals surface area contributed by atoms with E-state index in [2.05, 4.69) is 11.9 Å². The van der Waals surface area contributed by atoms with Gasteiger partial charge in [-0.15, -0.1) is 0 Å². The number of nitrogens with zero attached hydrogens (tertiary/aromatic N) is 2. The van der Waals surface area contributed by atoms with E-state index in [4.69, 9.17) is 5.26 Å². The topological polar surface area (TPSA) is 36.7 Å². The average Bonchev–Trinajstić information content (AvgIpc) is 2.16. The van der Waals surface area contributed by atoms with Gasteiger partial charge >= 0.3 is 0 Å². The summed E-state index contributed by atoms with van der Waals surface area (Å²) in [6, 6.07) is 5.87. The molecule has 0 amide bonds. The quantitative estimate of drug-likeness (QED) is 0.657. The summed E-state index contributed by atoms with van der Waals surface area (Å²) in [7, 11) is 0. The van der Waals surface area contributed by atoms with Crippen LogP contribution in [0.25, 0.3) is 6.08 Å². The van der Waals surface area contributed by atoms with Crippen LogP contribution in [0.2, 0.25) is 0 Å². The van der Waals surface area contributed by atoms with Gasteiger partial charge in [0.15, 0.2) is 0 Å². The van der Waals surface area contributed by atoms with Crippen molar-refractivity contribution in [3.05, 3.63) is 35.7 Å². The Bertz CT molecular complexity index is 334. The molecule has 66 valence electrons. The molecular formula is C11H12N2. The maximum absolute atomic E-state index is 8.35. The van der Waals surface area contributed by atoms with Crippen molar-refractivity contribution in [3.8, 4) is 6.07 Å². The molecule has 0 saturated heterocycles. The molecule has 2 nitrogen and oxygen atoms in total. The predicted octanol–water partition coefficient (Wildman–Crippen LogP) is 2.57. The molecule has 0 saturated carbocycles. The fraction of sp³-hybridized carbons (Fsp3) is 0.273. The van der Waals surface area contributed by atoms with Gasteiger partial charge in [0.1, 0.15) is 0 Å². The van der Waals surface area contributed by atoms with Gasteiger partial charge in [0.25, 0.3) is 0 Å². The van der Waals surface area contributed by atoms with Crippen LogP contribution in [0, 0.1) is 11.3 Å². The number of allylic oxidation sites excluding steroid dienone is 1. The normalized spacial score (nSPS) is 10.2. The summed E-state index contributed by atoms with van der Waals surface area (Å²) in [5.74, 6) is 0. The van der Waals surface area contributed by atoms with E-state index in [0.717, 1.165) is 24.1 Å². The minimum Gasteiger partial charge on any atom is -0.261 e. The smallest absolute Gasteiger partial charge is 0.0912 e. The minimum absolute atomic E-state index is 0.994. The molecule has 0 aliphatic carbocycles. The molecule has 0 bridgehead atoms. The van der Waals surface area contributed by atoms with Crippen LogP contribution in [0.3, 0.4) is 0 Å². The number of hydrogen-bond donors (Lipinski definition) is 0. The second-order valence-electron chi connectivity index (χ2n) is 2.79. The van der Waals surface area contributed by atoms with E-state index in [0.29, 0.717) is 0 Å². The molecule has 0 aliphatic heterocycles. The Hall–Kier alpha value is -1.62. The molecule has 0 radical (unpaired) electrons. The Morgan fingerprint density at radius 3 is 3.15 bits per heavy atom. The monoisotopic (exact) mass is 172 g/mol. The van der Waals surface area contributed by atoms with Crippen molar-refractivity contribution in [1.29, 1.82) is 5.26 Å². The van der Waals surface area contributed by atoms with Crippen LogP contribution in [0.5, 0.6) is 0 Å². The summed E-state index contributed by atoms with van der Waals surface area (Å²) in [5.41, 5.74) is 2.13. The molecule has 0 N–H and O–H groups in total. The van der Waals surface area contributed by atoms with Crippen molar-refractivity contribution in [2.75, 3.05) is 0 Å². The first kappa shape index (κ1) is 9.47. The Kier molecular flexibility index (Phi) is 3.72. The second-order valence-corrected chi connectivity index (χ2v) is 2.79. The number of pyridine rings is 1. The second kappa shape index (κ2) is 5.10. The van der Waals surface area contributed by atoms with Gasteiger partial charge in [-0.2, -0.15) is 5.26 Å². The third-order valence-corrected chi connectivity index (χ3v) is 1.70. The van der Waals surface area contributed by atoms with Gasteiger partial charge in [-0.25, -0.2) is 0 Å². The zero-order chi connectivity index (χ0) is 9.52. The molecule has 13 heavy (non-hydrogen) atoms. The van der Waals surface area contributed by atoms with Crippen LogP contribution in [-0.2, 0) is 6.42 Å². The lowest BCUT2D eigenvalue weighted by atomic mass is 10.1. The van der Waals surface area contributed by atoms with Crippen LogP contribution in [0.1, 0.15) is 24.6 Å². The predicted molar refractivity (Wildman–Crippen MR) is 52.9 cm³/mol. The lowest BCUT2D eigenvalue weighted by Crippen LogP contribution is -1.88. The Balaban J connectivity index is 2.80. The summed E-state index contributed by atoms with van der Waals surface area (Å²) in [5, 5.41) is 8.35. The van der Waals surface area contributed by atoms with E-state index >= 15 is 0 Å². The van der Waals surface area contributed by atoms with Crippen molar-refractivity contribution in [3.63, 3.8) is 0 Å². The van der Waals surface area contributed by atoms with E-state index in [1.54, 1.807) is 12.3 Å². The highest BCUT2D eigenvalue weighted by atomic mass is 14.7. The van der Waals surface area contributed by atoms with Crippen molar-refractivity contribution in [1.82, 2.24) is 4.98 Å². The molecule has 0 atom stereocenters. The molecule has 0 spiro atoms. The van der Waals surface area contributed by atoms with E-state index in [9.17, 15) is 0 Å². The zero-order valence-electron chi connectivity index (χ0n) is 7.70. The number of rotatable bonds is 3. The summed E-state index contributed by atoms with van der Waals surface area (Å²) in [6.45, 7) is 2.12. The molecule has 0 fully saturated rings. The van der Waals surface area contributed by atoms with Gasteiger partial charge in [0.2, 0.25) is 0 Å². The average molecular weight is 172 g/mol. The number of nitriles is 1. The third kappa shape index (κ3) is 3.08. The first-order chi connectivity index (χ1) is 6.36. The van der Waals surface area contributed by atoms with Gasteiger partial charge in [-0.3, -0.25) is 4.98 Å². The molecule has 2 heteroatoms. The molecular weight excluding hydrogens is 160 g/mol. The summed E-state index contributed by atoms with van der Waals surface area (Å²) in [6.07, 6.45) is 7.14. The Morgan fingerprint density at radius 1 is 1.62 bits per heavy atom.